The Hall–Kier alpha value is -2.23. The van der Waals surface area contributed by atoms with E-state index in [9.17, 15) is 4.79 Å². The summed E-state index contributed by atoms with van der Waals surface area (Å²) in [5.41, 5.74) is 2.67. The third-order valence-electron chi connectivity index (χ3n) is 3.47. The predicted octanol–water partition coefficient (Wildman–Crippen LogP) is 2.91. The zero-order chi connectivity index (χ0) is 13.9. The van der Waals surface area contributed by atoms with Crippen molar-refractivity contribution in [2.24, 2.45) is 0 Å². The van der Waals surface area contributed by atoms with Crippen molar-refractivity contribution in [3.05, 3.63) is 53.5 Å². The van der Waals surface area contributed by atoms with Crippen LogP contribution in [-0.4, -0.2) is 12.5 Å². The van der Waals surface area contributed by atoms with E-state index in [0.717, 1.165) is 25.3 Å². The summed E-state index contributed by atoms with van der Waals surface area (Å²) in [5.74, 6) is 1.28. The Balaban J connectivity index is 1.66. The third-order valence-corrected chi connectivity index (χ3v) is 3.47. The number of ether oxygens (including phenoxy) is 1. The SMILES string of the molecule is CC(=O)OCc1ccc(CN2CCc3ccccc32)o1. The zero-order valence-corrected chi connectivity index (χ0v) is 11.5. The Morgan fingerprint density at radius 2 is 2.05 bits per heavy atom. The number of carbonyl (C=O) groups is 1. The molecule has 0 saturated heterocycles. The summed E-state index contributed by atoms with van der Waals surface area (Å²) < 4.78 is 10.6. The maximum Gasteiger partial charge on any atom is 0.303 e. The van der Waals surface area contributed by atoms with Gasteiger partial charge in [-0.15, -0.1) is 0 Å². The first-order valence-electron chi connectivity index (χ1n) is 6.76. The molecule has 0 fully saturated rings. The molecule has 2 heterocycles. The summed E-state index contributed by atoms with van der Waals surface area (Å²) in [6, 6.07) is 12.3. The molecule has 0 spiro atoms. The van der Waals surface area contributed by atoms with Gasteiger partial charge in [0.15, 0.2) is 0 Å². The lowest BCUT2D eigenvalue weighted by atomic mass is 10.2. The molecule has 1 aliphatic heterocycles. The molecule has 20 heavy (non-hydrogen) atoms. The molecule has 0 atom stereocenters. The van der Waals surface area contributed by atoms with Crippen LogP contribution in [0.3, 0.4) is 0 Å². The van der Waals surface area contributed by atoms with Gasteiger partial charge in [-0.1, -0.05) is 18.2 Å². The molecule has 0 bridgehead atoms. The number of nitrogens with zero attached hydrogens (tertiary/aromatic N) is 1. The molecule has 4 heteroatoms. The van der Waals surface area contributed by atoms with Crippen LogP contribution in [0.15, 0.2) is 40.8 Å². The number of fused-ring (bicyclic) bond motifs is 1. The van der Waals surface area contributed by atoms with E-state index in [-0.39, 0.29) is 12.6 Å². The average molecular weight is 271 g/mol. The number of hydrogen-bond acceptors (Lipinski definition) is 4. The number of furan rings is 1. The Bertz CT molecular complexity index is 618. The summed E-state index contributed by atoms with van der Waals surface area (Å²) >= 11 is 0. The summed E-state index contributed by atoms with van der Waals surface area (Å²) in [4.78, 5) is 13.1. The van der Waals surface area contributed by atoms with Gasteiger partial charge in [0.05, 0.1) is 6.54 Å². The molecule has 2 aromatic rings. The molecular formula is C16H17NO3. The molecule has 0 unspecified atom stereocenters. The average Bonchev–Trinajstić information content (AvgIpc) is 3.05. The Labute approximate surface area is 118 Å². The van der Waals surface area contributed by atoms with Gasteiger partial charge in [-0.2, -0.15) is 0 Å². The fraction of sp³-hybridized carbons (Fsp3) is 0.312. The standard InChI is InChI=1S/C16H17NO3/c1-12(18)19-11-15-7-6-14(20-15)10-17-9-8-13-4-2-3-5-16(13)17/h2-7H,8-11H2,1H3. The number of para-hydroxylation sites is 1. The van der Waals surface area contributed by atoms with Crippen molar-refractivity contribution in [2.75, 3.05) is 11.4 Å². The highest BCUT2D eigenvalue weighted by atomic mass is 16.5. The Morgan fingerprint density at radius 1 is 1.25 bits per heavy atom. The van der Waals surface area contributed by atoms with Gasteiger partial charge in [-0.3, -0.25) is 4.79 Å². The lowest BCUT2D eigenvalue weighted by Gasteiger charge is -2.17. The maximum atomic E-state index is 10.8. The van der Waals surface area contributed by atoms with Crippen LogP contribution >= 0.6 is 0 Å². The minimum absolute atomic E-state index is 0.200. The number of anilines is 1. The zero-order valence-electron chi connectivity index (χ0n) is 11.5. The van der Waals surface area contributed by atoms with Crippen molar-refractivity contribution in [2.45, 2.75) is 26.5 Å². The van der Waals surface area contributed by atoms with Gasteiger partial charge in [-0.25, -0.2) is 0 Å². The first-order chi connectivity index (χ1) is 9.72. The van der Waals surface area contributed by atoms with Crippen LogP contribution in [0.25, 0.3) is 0 Å². The molecule has 1 aromatic heterocycles. The van der Waals surface area contributed by atoms with Crippen LogP contribution in [0.2, 0.25) is 0 Å². The first-order valence-corrected chi connectivity index (χ1v) is 6.76. The molecule has 0 radical (unpaired) electrons. The summed E-state index contributed by atoms with van der Waals surface area (Å²) in [5, 5.41) is 0. The van der Waals surface area contributed by atoms with Crippen molar-refractivity contribution in [3.63, 3.8) is 0 Å². The molecule has 4 nitrogen and oxygen atoms in total. The maximum absolute atomic E-state index is 10.8. The minimum Gasteiger partial charge on any atom is -0.461 e. The van der Waals surface area contributed by atoms with E-state index in [1.165, 1.54) is 18.2 Å². The quantitative estimate of drug-likeness (QED) is 0.802. The van der Waals surface area contributed by atoms with Crippen molar-refractivity contribution in [1.29, 1.82) is 0 Å². The Morgan fingerprint density at radius 3 is 2.90 bits per heavy atom. The lowest BCUT2D eigenvalue weighted by molar-refractivity contribution is -0.142. The highest BCUT2D eigenvalue weighted by molar-refractivity contribution is 5.65. The van der Waals surface area contributed by atoms with Gasteiger partial charge < -0.3 is 14.1 Å². The minimum atomic E-state index is -0.295. The topological polar surface area (TPSA) is 42.7 Å². The van der Waals surface area contributed by atoms with E-state index in [4.69, 9.17) is 9.15 Å². The van der Waals surface area contributed by atoms with Gasteiger partial charge in [0.2, 0.25) is 0 Å². The van der Waals surface area contributed by atoms with Gasteiger partial charge in [0, 0.05) is 19.2 Å². The summed E-state index contributed by atoms with van der Waals surface area (Å²) in [7, 11) is 0. The molecule has 0 N–H and O–H groups in total. The van der Waals surface area contributed by atoms with E-state index in [1.54, 1.807) is 0 Å². The van der Waals surface area contributed by atoms with Gasteiger partial charge in [-0.05, 0) is 30.2 Å². The normalized spacial score (nSPS) is 13.3. The highest BCUT2D eigenvalue weighted by Gasteiger charge is 2.19. The van der Waals surface area contributed by atoms with E-state index in [0.29, 0.717) is 5.76 Å². The van der Waals surface area contributed by atoms with Gasteiger partial charge in [0.25, 0.3) is 0 Å². The van der Waals surface area contributed by atoms with Crippen LogP contribution in [0.4, 0.5) is 5.69 Å². The molecule has 0 aliphatic carbocycles. The van der Waals surface area contributed by atoms with Crippen LogP contribution in [-0.2, 0) is 29.1 Å². The number of esters is 1. The fourth-order valence-electron chi connectivity index (χ4n) is 2.52. The smallest absolute Gasteiger partial charge is 0.303 e. The molecule has 1 aromatic carbocycles. The second kappa shape index (κ2) is 5.41. The van der Waals surface area contributed by atoms with E-state index < -0.39 is 0 Å². The molecular weight excluding hydrogens is 254 g/mol. The lowest BCUT2D eigenvalue weighted by Crippen LogP contribution is -2.19. The van der Waals surface area contributed by atoms with Gasteiger partial charge in [0.1, 0.15) is 18.1 Å². The second-order valence-electron chi connectivity index (χ2n) is 4.95. The number of carbonyl (C=O) groups excluding carboxylic acids is 1. The van der Waals surface area contributed by atoms with Crippen LogP contribution in [0, 0.1) is 0 Å². The number of benzene rings is 1. The molecule has 1 aliphatic rings. The van der Waals surface area contributed by atoms with Crippen molar-refractivity contribution < 1.29 is 13.9 Å². The van der Waals surface area contributed by atoms with E-state index in [2.05, 4.69) is 29.2 Å². The summed E-state index contributed by atoms with van der Waals surface area (Å²) in [6.45, 7) is 3.35. The van der Waals surface area contributed by atoms with Crippen LogP contribution in [0.1, 0.15) is 24.0 Å². The first kappa shape index (κ1) is 12.8. The van der Waals surface area contributed by atoms with Crippen LogP contribution < -0.4 is 4.90 Å². The molecule has 3 rings (SSSR count). The largest absolute Gasteiger partial charge is 0.461 e. The van der Waals surface area contributed by atoms with E-state index >= 15 is 0 Å². The predicted molar refractivity (Wildman–Crippen MR) is 75.4 cm³/mol. The fourth-order valence-corrected chi connectivity index (χ4v) is 2.52. The number of rotatable bonds is 4. The summed E-state index contributed by atoms with van der Waals surface area (Å²) in [6.07, 6.45) is 1.08. The van der Waals surface area contributed by atoms with Crippen LogP contribution in [0.5, 0.6) is 0 Å². The Kier molecular flexibility index (Phi) is 3.46. The molecule has 104 valence electrons. The molecule has 0 saturated carbocycles. The number of hydrogen-bond donors (Lipinski definition) is 0. The van der Waals surface area contributed by atoms with Gasteiger partial charge >= 0.3 is 5.97 Å². The monoisotopic (exact) mass is 271 g/mol. The van der Waals surface area contributed by atoms with Crippen molar-refractivity contribution in [1.82, 2.24) is 0 Å². The van der Waals surface area contributed by atoms with Crippen molar-refractivity contribution in [3.8, 4) is 0 Å². The third kappa shape index (κ3) is 2.69. The highest BCUT2D eigenvalue weighted by Crippen LogP contribution is 2.29. The second-order valence-corrected chi connectivity index (χ2v) is 4.95. The van der Waals surface area contributed by atoms with Crippen molar-refractivity contribution >= 4 is 11.7 Å². The molecule has 0 amide bonds. The van der Waals surface area contributed by atoms with E-state index in [1.807, 2.05) is 12.1 Å².